The van der Waals surface area contributed by atoms with Gasteiger partial charge in [-0.05, 0) is 12.1 Å². The first-order chi connectivity index (χ1) is 7.31. The molecular formula is C11H11N3O. The molecule has 0 amide bonds. The molecule has 4 nitrogen and oxygen atoms in total. The van der Waals surface area contributed by atoms with Crippen LogP contribution in [0.3, 0.4) is 0 Å². The summed E-state index contributed by atoms with van der Waals surface area (Å²) in [6.07, 6.45) is 2.63. The van der Waals surface area contributed by atoms with Crippen LogP contribution in [-0.2, 0) is 4.79 Å². The third kappa shape index (κ3) is 1.93. The molecule has 1 unspecified atom stereocenters. The zero-order valence-electron chi connectivity index (χ0n) is 8.37. The van der Waals surface area contributed by atoms with E-state index in [2.05, 4.69) is 10.3 Å². The second-order valence-electron chi connectivity index (χ2n) is 3.35. The second kappa shape index (κ2) is 4.04. The third-order valence-electron chi connectivity index (χ3n) is 2.20. The van der Waals surface area contributed by atoms with E-state index in [0.717, 1.165) is 12.0 Å². The van der Waals surface area contributed by atoms with Gasteiger partial charge >= 0.3 is 0 Å². The molecule has 0 aliphatic rings. The summed E-state index contributed by atoms with van der Waals surface area (Å²) in [5, 5.41) is 7.91. The van der Waals surface area contributed by atoms with Crippen LogP contribution in [0.2, 0.25) is 0 Å². The standard InChI is InChI=1S/C11H11N3O/c1-9(8-15)11-7-14(13-12-11)10-5-3-2-4-6-10/h2-9H,1H3. The molecule has 0 N–H and O–H groups in total. The van der Waals surface area contributed by atoms with Crippen LogP contribution in [0.5, 0.6) is 0 Å². The lowest BCUT2D eigenvalue weighted by atomic mass is 10.1. The molecule has 1 aromatic carbocycles. The van der Waals surface area contributed by atoms with E-state index >= 15 is 0 Å². The molecule has 0 aliphatic carbocycles. The first kappa shape index (κ1) is 9.58. The molecule has 0 saturated carbocycles. The quantitative estimate of drug-likeness (QED) is 0.708. The van der Waals surface area contributed by atoms with Crippen molar-refractivity contribution in [3.8, 4) is 5.69 Å². The van der Waals surface area contributed by atoms with Crippen molar-refractivity contribution >= 4 is 6.29 Å². The molecule has 1 heterocycles. The third-order valence-corrected chi connectivity index (χ3v) is 2.20. The Morgan fingerprint density at radius 3 is 2.73 bits per heavy atom. The van der Waals surface area contributed by atoms with Crippen molar-refractivity contribution in [3.05, 3.63) is 42.2 Å². The molecule has 2 rings (SSSR count). The predicted molar refractivity (Wildman–Crippen MR) is 55.8 cm³/mol. The van der Waals surface area contributed by atoms with Gasteiger partial charge in [0.15, 0.2) is 0 Å². The van der Waals surface area contributed by atoms with Crippen molar-refractivity contribution in [2.24, 2.45) is 0 Å². The maximum absolute atomic E-state index is 10.6. The molecule has 4 heteroatoms. The number of aldehydes is 1. The second-order valence-corrected chi connectivity index (χ2v) is 3.35. The monoisotopic (exact) mass is 201 g/mol. The number of aromatic nitrogens is 3. The van der Waals surface area contributed by atoms with Gasteiger partial charge in [-0.15, -0.1) is 5.10 Å². The van der Waals surface area contributed by atoms with Crippen LogP contribution in [0.1, 0.15) is 18.5 Å². The Bertz CT molecular complexity index is 450. The van der Waals surface area contributed by atoms with E-state index in [-0.39, 0.29) is 5.92 Å². The molecule has 0 saturated heterocycles. The Morgan fingerprint density at radius 1 is 1.33 bits per heavy atom. The highest BCUT2D eigenvalue weighted by atomic mass is 16.1. The Balaban J connectivity index is 2.32. The lowest BCUT2D eigenvalue weighted by Gasteiger charge is -1.97. The molecule has 2 aromatic rings. The molecular weight excluding hydrogens is 190 g/mol. The Kier molecular flexibility index (Phi) is 2.58. The average Bonchev–Trinajstić information content (AvgIpc) is 2.78. The van der Waals surface area contributed by atoms with Gasteiger partial charge in [-0.25, -0.2) is 4.68 Å². The van der Waals surface area contributed by atoms with Crippen LogP contribution >= 0.6 is 0 Å². The van der Waals surface area contributed by atoms with E-state index < -0.39 is 0 Å². The zero-order chi connectivity index (χ0) is 10.7. The van der Waals surface area contributed by atoms with E-state index in [1.54, 1.807) is 17.8 Å². The van der Waals surface area contributed by atoms with Gasteiger partial charge in [0.25, 0.3) is 0 Å². The number of benzene rings is 1. The first-order valence-electron chi connectivity index (χ1n) is 4.74. The van der Waals surface area contributed by atoms with Crippen molar-refractivity contribution in [2.75, 3.05) is 0 Å². The van der Waals surface area contributed by atoms with Crippen LogP contribution in [-0.4, -0.2) is 21.3 Å². The molecule has 76 valence electrons. The molecule has 0 spiro atoms. The smallest absolute Gasteiger partial charge is 0.128 e. The summed E-state index contributed by atoms with van der Waals surface area (Å²) in [4.78, 5) is 10.6. The normalized spacial score (nSPS) is 12.3. The molecule has 1 aromatic heterocycles. The van der Waals surface area contributed by atoms with Crippen LogP contribution in [0.25, 0.3) is 5.69 Å². The molecule has 0 fully saturated rings. The summed E-state index contributed by atoms with van der Waals surface area (Å²) >= 11 is 0. The van der Waals surface area contributed by atoms with Gasteiger partial charge in [0, 0.05) is 0 Å². The van der Waals surface area contributed by atoms with Gasteiger partial charge < -0.3 is 4.79 Å². The summed E-state index contributed by atoms with van der Waals surface area (Å²) in [5.41, 5.74) is 1.63. The molecule has 0 aliphatic heterocycles. The van der Waals surface area contributed by atoms with Crippen LogP contribution in [0.15, 0.2) is 36.5 Å². The number of rotatable bonds is 3. The summed E-state index contributed by atoms with van der Waals surface area (Å²) in [7, 11) is 0. The van der Waals surface area contributed by atoms with Gasteiger partial charge in [-0.2, -0.15) is 0 Å². The highest BCUT2D eigenvalue weighted by Crippen LogP contribution is 2.11. The van der Waals surface area contributed by atoms with Crippen molar-refractivity contribution in [3.63, 3.8) is 0 Å². The summed E-state index contributed by atoms with van der Waals surface area (Å²) in [6, 6.07) is 9.67. The maximum Gasteiger partial charge on any atom is 0.128 e. The number of hydrogen-bond donors (Lipinski definition) is 0. The maximum atomic E-state index is 10.6. The van der Waals surface area contributed by atoms with Gasteiger partial charge in [-0.1, -0.05) is 30.3 Å². The fraction of sp³-hybridized carbons (Fsp3) is 0.182. The van der Waals surface area contributed by atoms with Crippen LogP contribution in [0.4, 0.5) is 0 Å². The highest BCUT2D eigenvalue weighted by molar-refractivity contribution is 5.59. The topological polar surface area (TPSA) is 47.8 Å². The zero-order valence-corrected chi connectivity index (χ0v) is 8.37. The number of nitrogens with zero attached hydrogens (tertiary/aromatic N) is 3. The van der Waals surface area contributed by atoms with E-state index in [9.17, 15) is 4.79 Å². The SMILES string of the molecule is CC(C=O)c1cn(-c2ccccc2)nn1. The number of para-hydroxylation sites is 1. The van der Waals surface area contributed by atoms with Gasteiger partial charge in [0.1, 0.15) is 6.29 Å². The van der Waals surface area contributed by atoms with Gasteiger partial charge in [0.2, 0.25) is 0 Å². The fourth-order valence-corrected chi connectivity index (χ4v) is 1.26. The molecule has 15 heavy (non-hydrogen) atoms. The minimum atomic E-state index is -0.206. The van der Waals surface area contributed by atoms with Crippen LogP contribution < -0.4 is 0 Å². The van der Waals surface area contributed by atoms with Crippen molar-refractivity contribution in [2.45, 2.75) is 12.8 Å². The summed E-state index contributed by atoms with van der Waals surface area (Å²) < 4.78 is 1.66. The minimum absolute atomic E-state index is 0.206. The minimum Gasteiger partial charge on any atom is -0.303 e. The predicted octanol–water partition coefficient (Wildman–Crippen LogP) is 1.57. The Morgan fingerprint density at radius 2 is 2.07 bits per heavy atom. The van der Waals surface area contributed by atoms with Gasteiger partial charge in [0.05, 0.1) is 23.5 Å². The van der Waals surface area contributed by atoms with Gasteiger partial charge in [-0.3, -0.25) is 0 Å². The fourth-order valence-electron chi connectivity index (χ4n) is 1.26. The highest BCUT2D eigenvalue weighted by Gasteiger charge is 2.08. The van der Waals surface area contributed by atoms with E-state index in [1.807, 2.05) is 30.3 Å². The van der Waals surface area contributed by atoms with Crippen molar-refractivity contribution < 1.29 is 4.79 Å². The first-order valence-corrected chi connectivity index (χ1v) is 4.74. The summed E-state index contributed by atoms with van der Waals surface area (Å²) in [6.45, 7) is 1.80. The van der Waals surface area contributed by atoms with E-state index in [1.165, 1.54) is 0 Å². The number of carbonyl (C=O) groups excluding carboxylic acids is 1. The Labute approximate surface area is 87.5 Å². The Hall–Kier alpha value is -1.97. The summed E-state index contributed by atoms with van der Waals surface area (Å²) in [5.74, 6) is -0.206. The lowest BCUT2D eigenvalue weighted by molar-refractivity contribution is -0.108. The number of carbonyl (C=O) groups is 1. The van der Waals surface area contributed by atoms with E-state index in [0.29, 0.717) is 5.69 Å². The largest absolute Gasteiger partial charge is 0.303 e. The molecule has 1 atom stereocenters. The average molecular weight is 201 g/mol. The van der Waals surface area contributed by atoms with E-state index in [4.69, 9.17) is 0 Å². The molecule has 0 radical (unpaired) electrons. The van der Waals surface area contributed by atoms with Crippen molar-refractivity contribution in [1.29, 1.82) is 0 Å². The molecule has 0 bridgehead atoms. The number of hydrogen-bond acceptors (Lipinski definition) is 3. The van der Waals surface area contributed by atoms with Crippen LogP contribution in [0, 0.1) is 0 Å². The van der Waals surface area contributed by atoms with Crippen molar-refractivity contribution in [1.82, 2.24) is 15.0 Å². The lowest BCUT2D eigenvalue weighted by Crippen LogP contribution is -1.94.